The van der Waals surface area contributed by atoms with Crippen molar-refractivity contribution in [2.75, 3.05) is 39.4 Å². The Morgan fingerprint density at radius 3 is 2.48 bits per heavy atom. The topological polar surface area (TPSA) is 62.7 Å². The minimum absolute atomic E-state index is 0.00184. The molecular formula is C24H25N3O3S. The maximum atomic E-state index is 13.5. The fourth-order valence-corrected chi connectivity index (χ4v) is 5.13. The number of carbonyl (C=O) groups excluding carboxylic acids is 2. The molecular weight excluding hydrogens is 410 g/mol. The third kappa shape index (κ3) is 4.07. The van der Waals surface area contributed by atoms with Crippen LogP contribution < -0.4 is 0 Å². The largest absolute Gasteiger partial charge is 0.378 e. The summed E-state index contributed by atoms with van der Waals surface area (Å²) in [7, 11) is 0. The number of hydrogen-bond donors (Lipinski definition) is 0. The normalized spacial score (nSPS) is 17.8. The molecule has 7 heteroatoms. The van der Waals surface area contributed by atoms with E-state index >= 15 is 0 Å². The monoisotopic (exact) mass is 435 g/mol. The van der Waals surface area contributed by atoms with Crippen LogP contribution in [0.3, 0.4) is 0 Å². The lowest BCUT2D eigenvalue weighted by atomic mass is 9.94. The summed E-state index contributed by atoms with van der Waals surface area (Å²) in [6.45, 7) is 3.78. The van der Waals surface area contributed by atoms with Crippen molar-refractivity contribution >= 4 is 34.1 Å². The Balaban J connectivity index is 1.35. The van der Waals surface area contributed by atoms with Crippen molar-refractivity contribution in [1.82, 2.24) is 14.8 Å². The Morgan fingerprint density at radius 1 is 0.968 bits per heavy atom. The number of aromatic nitrogens is 1. The molecule has 0 radical (unpaired) electrons. The summed E-state index contributed by atoms with van der Waals surface area (Å²) < 4.78 is 5.36. The van der Waals surface area contributed by atoms with Crippen LogP contribution in [0.1, 0.15) is 23.2 Å². The van der Waals surface area contributed by atoms with Gasteiger partial charge in [-0.3, -0.25) is 9.59 Å². The molecule has 2 saturated heterocycles. The highest BCUT2D eigenvalue weighted by Gasteiger charge is 2.31. The first-order valence-corrected chi connectivity index (χ1v) is 11.7. The SMILES string of the molecule is O=C(c1cc(-c2cccs2)nc2ccccc12)N1CCC(C(=O)N2CCOCC2)CC1. The minimum Gasteiger partial charge on any atom is -0.378 e. The number of likely N-dealkylation sites (tertiary alicyclic amines) is 1. The van der Waals surface area contributed by atoms with E-state index in [4.69, 9.17) is 9.72 Å². The molecule has 0 aliphatic carbocycles. The molecule has 0 unspecified atom stereocenters. The smallest absolute Gasteiger partial charge is 0.254 e. The molecule has 2 aliphatic rings. The maximum Gasteiger partial charge on any atom is 0.254 e. The number of hydrogen-bond acceptors (Lipinski definition) is 5. The lowest BCUT2D eigenvalue weighted by Gasteiger charge is -2.35. The van der Waals surface area contributed by atoms with Crippen LogP contribution in [0.2, 0.25) is 0 Å². The number of morpholine rings is 1. The summed E-state index contributed by atoms with van der Waals surface area (Å²) in [6, 6.07) is 13.7. The highest BCUT2D eigenvalue weighted by molar-refractivity contribution is 7.13. The second-order valence-electron chi connectivity index (χ2n) is 8.05. The second-order valence-corrected chi connectivity index (χ2v) is 9.00. The molecule has 0 saturated carbocycles. The predicted molar refractivity (Wildman–Crippen MR) is 121 cm³/mol. The van der Waals surface area contributed by atoms with Crippen molar-refractivity contribution in [2.45, 2.75) is 12.8 Å². The molecule has 4 heterocycles. The third-order valence-electron chi connectivity index (χ3n) is 6.17. The fourth-order valence-electron chi connectivity index (χ4n) is 4.44. The number of carbonyl (C=O) groups is 2. The van der Waals surface area contributed by atoms with Gasteiger partial charge in [0.1, 0.15) is 0 Å². The van der Waals surface area contributed by atoms with Crippen molar-refractivity contribution < 1.29 is 14.3 Å². The number of nitrogens with zero attached hydrogens (tertiary/aromatic N) is 3. The molecule has 160 valence electrons. The number of benzene rings is 1. The van der Waals surface area contributed by atoms with Gasteiger partial charge in [-0.05, 0) is 36.4 Å². The fraction of sp³-hybridized carbons (Fsp3) is 0.375. The molecule has 1 aromatic carbocycles. The van der Waals surface area contributed by atoms with Crippen LogP contribution in [0.4, 0.5) is 0 Å². The number of fused-ring (bicyclic) bond motifs is 1. The van der Waals surface area contributed by atoms with E-state index in [2.05, 4.69) is 0 Å². The van der Waals surface area contributed by atoms with E-state index in [0.29, 0.717) is 57.8 Å². The Morgan fingerprint density at radius 2 is 1.74 bits per heavy atom. The average molecular weight is 436 g/mol. The molecule has 6 nitrogen and oxygen atoms in total. The number of thiophene rings is 1. The molecule has 0 N–H and O–H groups in total. The molecule has 3 aromatic rings. The highest BCUT2D eigenvalue weighted by Crippen LogP contribution is 2.30. The van der Waals surface area contributed by atoms with Gasteiger partial charge in [0.25, 0.3) is 5.91 Å². The second kappa shape index (κ2) is 8.77. The first-order chi connectivity index (χ1) is 15.2. The summed E-state index contributed by atoms with van der Waals surface area (Å²) in [6.07, 6.45) is 1.42. The molecule has 2 aromatic heterocycles. The third-order valence-corrected chi connectivity index (χ3v) is 7.07. The summed E-state index contributed by atoms with van der Waals surface area (Å²) in [5.74, 6) is 0.233. The van der Waals surface area contributed by atoms with Gasteiger partial charge in [-0.2, -0.15) is 0 Å². The Hall–Kier alpha value is -2.77. The van der Waals surface area contributed by atoms with Crippen molar-refractivity contribution in [3.05, 3.63) is 53.4 Å². The molecule has 0 atom stereocenters. The van der Waals surface area contributed by atoms with Gasteiger partial charge in [-0.1, -0.05) is 24.3 Å². The number of ether oxygens (including phenoxy) is 1. The molecule has 5 rings (SSSR count). The van der Waals surface area contributed by atoms with Crippen LogP contribution >= 0.6 is 11.3 Å². The Labute approximate surface area is 185 Å². The standard InChI is InChI=1S/C24H25N3O3S/c28-23(27-11-13-30-14-12-27)17-7-9-26(10-8-17)24(29)19-16-21(22-6-3-15-31-22)25-20-5-2-1-4-18(19)20/h1-6,15-17H,7-14H2. The van der Waals surface area contributed by atoms with Gasteiger partial charge in [-0.25, -0.2) is 4.98 Å². The van der Waals surface area contributed by atoms with Crippen molar-refractivity contribution in [3.8, 4) is 10.6 Å². The molecule has 31 heavy (non-hydrogen) atoms. The summed E-state index contributed by atoms with van der Waals surface area (Å²) in [5, 5.41) is 2.89. The zero-order valence-corrected chi connectivity index (χ0v) is 18.1. The van der Waals surface area contributed by atoms with Gasteiger partial charge >= 0.3 is 0 Å². The average Bonchev–Trinajstić information content (AvgIpc) is 3.38. The molecule has 0 bridgehead atoms. The van der Waals surface area contributed by atoms with E-state index in [9.17, 15) is 9.59 Å². The van der Waals surface area contributed by atoms with Gasteiger partial charge in [0.05, 0.1) is 34.9 Å². The van der Waals surface area contributed by atoms with Crippen molar-refractivity contribution in [3.63, 3.8) is 0 Å². The van der Waals surface area contributed by atoms with Crippen LogP contribution in [0.5, 0.6) is 0 Å². The molecule has 2 fully saturated rings. The lowest BCUT2D eigenvalue weighted by Crippen LogP contribution is -2.47. The van der Waals surface area contributed by atoms with E-state index in [1.54, 1.807) is 11.3 Å². The van der Waals surface area contributed by atoms with E-state index in [-0.39, 0.29) is 17.7 Å². The van der Waals surface area contributed by atoms with Crippen molar-refractivity contribution in [2.24, 2.45) is 5.92 Å². The van der Waals surface area contributed by atoms with Gasteiger partial charge in [0.2, 0.25) is 5.91 Å². The van der Waals surface area contributed by atoms with E-state index in [1.807, 2.05) is 57.6 Å². The predicted octanol–water partition coefficient (Wildman–Crippen LogP) is 3.67. The van der Waals surface area contributed by atoms with Gasteiger partial charge in [0, 0.05) is 37.5 Å². The lowest BCUT2D eigenvalue weighted by molar-refractivity contribution is -0.141. The van der Waals surface area contributed by atoms with Crippen LogP contribution in [0, 0.1) is 5.92 Å². The first kappa shape index (κ1) is 20.2. The van der Waals surface area contributed by atoms with Crippen LogP contribution in [0.25, 0.3) is 21.5 Å². The van der Waals surface area contributed by atoms with Crippen LogP contribution in [-0.2, 0) is 9.53 Å². The number of rotatable bonds is 3. The number of amides is 2. The van der Waals surface area contributed by atoms with Crippen LogP contribution in [-0.4, -0.2) is 66.0 Å². The first-order valence-electron chi connectivity index (χ1n) is 10.8. The van der Waals surface area contributed by atoms with Crippen molar-refractivity contribution in [1.29, 1.82) is 0 Å². The van der Waals surface area contributed by atoms with E-state index in [0.717, 1.165) is 21.5 Å². The Kier molecular flexibility index (Phi) is 5.70. The maximum absolute atomic E-state index is 13.5. The van der Waals surface area contributed by atoms with Crippen LogP contribution in [0.15, 0.2) is 47.8 Å². The zero-order valence-electron chi connectivity index (χ0n) is 17.3. The Bertz CT molecular complexity index is 1080. The zero-order chi connectivity index (χ0) is 21.2. The van der Waals surface area contributed by atoms with E-state index < -0.39 is 0 Å². The number of para-hydroxylation sites is 1. The summed E-state index contributed by atoms with van der Waals surface area (Å²) in [4.78, 5) is 35.9. The summed E-state index contributed by atoms with van der Waals surface area (Å²) in [5.41, 5.74) is 2.34. The molecule has 2 aliphatic heterocycles. The quantitative estimate of drug-likeness (QED) is 0.630. The molecule has 2 amide bonds. The van der Waals surface area contributed by atoms with Gasteiger partial charge in [0.15, 0.2) is 0 Å². The van der Waals surface area contributed by atoms with Gasteiger partial charge < -0.3 is 14.5 Å². The number of piperidine rings is 1. The highest BCUT2D eigenvalue weighted by atomic mass is 32.1. The summed E-state index contributed by atoms with van der Waals surface area (Å²) >= 11 is 1.62. The van der Waals surface area contributed by atoms with Gasteiger partial charge in [-0.15, -0.1) is 11.3 Å². The minimum atomic E-state index is -0.00184. The molecule has 0 spiro atoms. The number of pyridine rings is 1. The van der Waals surface area contributed by atoms with E-state index in [1.165, 1.54) is 0 Å².